The van der Waals surface area contributed by atoms with Crippen molar-refractivity contribution in [3.63, 3.8) is 0 Å². The molecule has 1 fully saturated rings. The second kappa shape index (κ2) is 6.19. The van der Waals surface area contributed by atoms with Gasteiger partial charge in [-0.15, -0.1) is 0 Å². The molecule has 5 heteroatoms. The van der Waals surface area contributed by atoms with E-state index >= 15 is 0 Å². The fraction of sp³-hybridized carbons (Fsp3) is 0.500. The zero-order valence-electron chi connectivity index (χ0n) is 11.2. The molecule has 104 valence electrons. The van der Waals surface area contributed by atoms with Crippen molar-refractivity contribution in [3.8, 4) is 0 Å². The number of amides is 1. The number of nitrogen functional groups attached to an aromatic ring is 2. The van der Waals surface area contributed by atoms with Crippen LogP contribution in [-0.2, 0) is 0 Å². The number of thioether (sulfide) groups is 1. The van der Waals surface area contributed by atoms with Gasteiger partial charge in [0.15, 0.2) is 0 Å². The maximum atomic E-state index is 12.1. The van der Waals surface area contributed by atoms with Crippen molar-refractivity contribution >= 4 is 29.0 Å². The molecule has 1 amide bonds. The molecule has 1 aromatic carbocycles. The molecule has 5 N–H and O–H groups in total. The predicted molar refractivity (Wildman–Crippen MR) is 82.3 cm³/mol. The number of nitrogens with one attached hydrogen (secondary N) is 1. The topological polar surface area (TPSA) is 81.1 Å². The van der Waals surface area contributed by atoms with Crippen molar-refractivity contribution in [2.24, 2.45) is 0 Å². The smallest absolute Gasteiger partial charge is 0.251 e. The molecule has 1 aliphatic carbocycles. The first-order valence-corrected chi connectivity index (χ1v) is 7.87. The summed E-state index contributed by atoms with van der Waals surface area (Å²) in [7, 11) is 0. The molecule has 19 heavy (non-hydrogen) atoms. The third-order valence-electron chi connectivity index (χ3n) is 3.58. The van der Waals surface area contributed by atoms with E-state index in [0.717, 1.165) is 18.1 Å². The molecule has 1 saturated carbocycles. The molecular formula is C14H21N3OS. The normalized spacial score (nSPS) is 23.0. The first-order chi connectivity index (χ1) is 9.08. The molecule has 0 saturated heterocycles. The van der Waals surface area contributed by atoms with Crippen molar-refractivity contribution in [3.05, 3.63) is 23.8 Å². The monoisotopic (exact) mass is 279 g/mol. The fourth-order valence-corrected chi connectivity index (χ4v) is 3.26. The van der Waals surface area contributed by atoms with Gasteiger partial charge in [-0.05, 0) is 50.1 Å². The Morgan fingerprint density at radius 3 is 2.26 bits per heavy atom. The summed E-state index contributed by atoms with van der Waals surface area (Å²) in [4.78, 5) is 12.1. The summed E-state index contributed by atoms with van der Waals surface area (Å²) in [6.07, 6.45) is 6.60. The molecular weight excluding hydrogens is 258 g/mol. The van der Waals surface area contributed by atoms with Crippen molar-refractivity contribution < 1.29 is 4.79 Å². The number of carbonyl (C=O) groups is 1. The van der Waals surface area contributed by atoms with Crippen LogP contribution in [0.15, 0.2) is 18.2 Å². The van der Waals surface area contributed by atoms with Crippen LogP contribution in [0, 0.1) is 0 Å². The fourth-order valence-electron chi connectivity index (χ4n) is 2.52. The van der Waals surface area contributed by atoms with Crippen LogP contribution in [0.4, 0.5) is 11.4 Å². The van der Waals surface area contributed by atoms with Crippen LogP contribution in [0.1, 0.15) is 36.0 Å². The van der Waals surface area contributed by atoms with Gasteiger partial charge < -0.3 is 16.8 Å². The van der Waals surface area contributed by atoms with Crippen LogP contribution in [0.25, 0.3) is 0 Å². The largest absolute Gasteiger partial charge is 0.399 e. The maximum Gasteiger partial charge on any atom is 0.251 e. The lowest BCUT2D eigenvalue weighted by atomic mass is 9.94. The molecule has 0 aliphatic heterocycles. The van der Waals surface area contributed by atoms with Crippen LogP contribution >= 0.6 is 11.8 Å². The number of benzene rings is 1. The Morgan fingerprint density at radius 1 is 1.16 bits per heavy atom. The van der Waals surface area contributed by atoms with E-state index in [4.69, 9.17) is 11.5 Å². The Labute approximate surface area is 118 Å². The van der Waals surface area contributed by atoms with Gasteiger partial charge in [-0.25, -0.2) is 0 Å². The van der Waals surface area contributed by atoms with Crippen LogP contribution in [0.5, 0.6) is 0 Å². The summed E-state index contributed by atoms with van der Waals surface area (Å²) in [5.41, 5.74) is 13.0. The molecule has 0 bridgehead atoms. The van der Waals surface area contributed by atoms with E-state index in [1.54, 1.807) is 18.2 Å². The van der Waals surface area contributed by atoms with Gasteiger partial charge in [-0.2, -0.15) is 11.8 Å². The Bertz CT molecular complexity index is 436. The molecule has 0 atom stereocenters. The highest BCUT2D eigenvalue weighted by atomic mass is 32.2. The molecule has 0 aromatic heterocycles. The minimum absolute atomic E-state index is 0.0772. The highest BCUT2D eigenvalue weighted by Crippen LogP contribution is 2.27. The lowest BCUT2D eigenvalue weighted by Crippen LogP contribution is -2.38. The minimum atomic E-state index is -0.0772. The predicted octanol–water partition coefficient (Wildman–Crippen LogP) is 2.25. The zero-order valence-corrected chi connectivity index (χ0v) is 12.0. The standard InChI is InChI=1S/C14H21N3OS/c1-19-13-4-2-12(3-5-13)17-14(18)9-6-10(15)8-11(16)7-9/h6-8,12-13H,2-5,15-16H2,1H3,(H,17,18). The van der Waals surface area contributed by atoms with E-state index in [1.807, 2.05) is 11.8 Å². The molecule has 1 aliphatic rings. The Hall–Kier alpha value is -1.36. The second-order valence-electron chi connectivity index (χ2n) is 5.07. The highest BCUT2D eigenvalue weighted by molar-refractivity contribution is 7.99. The maximum absolute atomic E-state index is 12.1. The molecule has 1 aromatic rings. The highest BCUT2D eigenvalue weighted by Gasteiger charge is 2.22. The van der Waals surface area contributed by atoms with Gasteiger partial charge in [0, 0.05) is 28.2 Å². The van der Waals surface area contributed by atoms with Crippen molar-refractivity contribution in [1.82, 2.24) is 5.32 Å². The third kappa shape index (κ3) is 3.80. The van der Waals surface area contributed by atoms with Gasteiger partial charge in [-0.1, -0.05) is 0 Å². The molecule has 0 spiro atoms. The number of anilines is 2. The number of rotatable bonds is 3. The molecule has 4 nitrogen and oxygen atoms in total. The van der Waals surface area contributed by atoms with E-state index in [9.17, 15) is 4.79 Å². The Morgan fingerprint density at radius 2 is 1.74 bits per heavy atom. The van der Waals surface area contributed by atoms with Crippen molar-refractivity contribution in [2.75, 3.05) is 17.7 Å². The van der Waals surface area contributed by atoms with Gasteiger partial charge in [0.1, 0.15) is 0 Å². The van der Waals surface area contributed by atoms with Crippen LogP contribution in [-0.4, -0.2) is 23.5 Å². The quantitative estimate of drug-likeness (QED) is 0.741. The molecule has 0 unspecified atom stereocenters. The number of hydrogen-bond donors (Lipinski definition) is 3. The summed E-state index contributed by atoms with van der Waals surface area (Å²) in [6.45, 7) is 0. The average Bonchev–Trinajstić information content (AvgIpc) is 2.38. The van der Waals surface area contributed by atoms with E-state index in [1.165, 1.54) is 12.8 Å². The molecule has 2 rings (SSSR count). The summed E-state index contributed by atoms with van der Waals surface area (Å²) >= 11 is 1.92. The molecule has 0 radical (unpaired) electrons. The average molecular weight is 279 g/mol. The van der Waals surface area contributed by atoms with Gasteiger partial charge in [0.2, 0.25) is 0 Å². The third-order valence-corrected chi connectivity index (χ3v) is 4.72. The number of carbonyl (C=O) groups excluding carboxylic acids is 1. The van der Waals surface area contributed by atoms with Gasteiger partial charge in [0.05, 0.1) is 0 Å². The van der Waals surface area contributed by atoms with Gasteiger partial charge in [0.25, 0.3) is 5.91 Å². The summed E-state index contributed by atoms with van der Waals surface area (Å²) < 4.78 is 0. The van der Waals surface area contributed by atoms with Crippen molar-refractivity contribution in [2.45, 2.75) is 37.0 Å². The lowest BCUT2D eigenvalue weighted by molar-refractivity contribution is 0.0928. The van der Waals surface area contributed by atoms with E-state index in [0.29, 0.717) is 16.9 Å². The van der Waals surface area contributed by atoms with Gasteiger partial charge in [-0.3, -0.25) is 4.79 Å². The summed E-state index contributed by atoms with van der Waals surface area (Å²) in [5, 5.41) is 3.82. The van der Waals surface area contributed by atoms with E-state index in [2.05, 4.69) is 11.6 Å². The minimum Gasteiger partial charge on any atom is -0.399 e. The molecule has 0 heterocycles. The Kier molecular flexibility index (Phi) is 4.58. The van der Waals surface area contributed by atoms with E-state index < -0.39 is 0 Å². The number of nitrogens with two attached hydrogens (primary N) is 2. The van der Waals surface area contributed by atoms with Crippen LogP contribution in [0.2, 0.25) is 0 Å². The summed E-state index contributed by atoms with van der Waals surface area (Å²) in [6, 6.07) is 5.26. The second-order valence-corrected chi connectivity index (χ2v) is 6.21. The SMILES string of the molecule is CSC1CCC(NC(=O)c2cc(N)cc(N)c2)CC1. The zero-order chi connectivity index (χ0) is 13.8. The van der Waals surface area contributed by atoms with Gasteiger partial charge >= 0.3 is 0 Å². The number of hydrogen-bond acceptors (Lipinski definition) is 4. The first kappa shape index (κ1) is 14.1. The summed E-state index contributed by atoms with van der Waals surface area (Å²) in [5.74, 6) is -0.0772. The first-order valence-electron chi connectivity index (χ1n) is 6.58. The van der Waals surface area contributed by atoms with E-state index in [-0.39, 0.29) is 11.9 Å². The van der Waals surface area contributed by atoms with Crippen LogP contribution in [0.3, 0.4) is 0 Å². The van der Waals surface area contributed by atoms with Crippen LogP contribution < -0.4 is 16.8 Å². The Balaban J connectivity index is 1.94. The van der Waals surface area contributed by atoms with Crippen molar-refractivity contribution in [1.29, 1.82) is 0 Å². The lowest BCUT2D eigenvalue weighted by Gasteiger charge is -2.28.